The molecule has 1 fully saturated rings. The first kappa shape index (κ1) is 20.9. The average molecular weight is 361 g/mol. The predicted molar refractivity (Wildman–Crippen MR) is 97.3 cm³/mol. The lowest BCUT2D eigenvalue weighted by molar-refractivity contribution is -0.126. The molecule has 0 radical (unpaired) electrons. The number of unbranched alkanes of at least 4 members (excludes halogenated alkanes) is 1. The van der Waals surface area contributed by atoms with E-state index in [0.717, 1.165) is 51.3 Å². The van der Waals surface area contributed by atoms with E-state index >= 15 is 0 Å². The third-order valence-electron chi connectivity index (χ3n) is 4.40. The van der Waals surface area contributed by atoms with Gasteiger partial charge in [0.2, 0.25) is 5.91 Å². The Balaban J connectivity index is 2.74. The molecule has 7 nitrogen and oxygen atoms in total. The second-order valence-electron chi connectivity index (χ2n) is 6.59. The Hall–Kier alpha value is -1.15. The van der Waals surface area contributed by atoms with Crippen LogP contribution in [0.15, 0.2) is 4.40 Å². The van der Waals surface area contributed by atoms with Crippen LogP contribution in [0.5, 0.6) is 0 Å². The van der Waals surface area contributed by atoms with Crippen LogP contribution < -0.4 is 11.1 Å². The van der Waals surface area contributed by atoms with Gasteiger partial charge in [-0.05, 0) is 32.1 Å². The monoisotopic (exact) mass is 360 g/mol. The second-order valence-corrected chi connectivity index (χ2v) is 8.23. The van der Waals surface area contributed by atoms with Crippen molar-refractivity contribution in [3.8, 4) is 0 Å². The third kappa shape index (κ3) is 7.17. The highest BCUT2D eigenvalue weighted by Crippen LogP contribution is 2.31. The van der Waals surface area contributed by atoms with E-state index in [-0.39, 0.29) is 17.7 Å². The molecule has 0 aromatic heterocycles. The molecule has 0 aliphatic heterocycles. The van der Waals surface area contributed by atoms with Crippen molar-refractivity contribution in [2.75, 3.05) is 32.9 Å². The zero-order chi connectivity index (χ0) is 18.2. The number of hydrogen-bond donors (Lipinski definition) is 2. The number of nitrogens with zero attached hydrogens (tertiary/aromatic N) is 2. The highest BCUT2D eigenvalue weighted by Gasteiger charge is 2.30. The fourth-order valence-electron chi connectivity index (χ4n) is 3.09. The maximum Gasteiger partial charge on any atom is 0.251 e. The summed E-state index contributed by atoms with van der Waals surface area (Å²) in [6.45, 7) is 3.84. The van der Waals surface area contributed by atoms with Gasteiger partial charge in [-0.2, -0.15) is 4.40 Å². The van der Waals surface area contributed by atoms with Crippen LogP contribution in [0.4, 0.5) is 0 Å². The summed E-state index contributed by atoms with van der Waals surface area (Å²) < 4.78 is 27.3. The van der Waals surface area contributed by atoms with E-state index in [1.807, 2.05) is 11.9 Å². The number of nitrogens with two attached hydrogens (primary N) is 1. The molecule has 0 atom stereocenters. The molecule has 0 bridgehead atoms. The second kappa shape index (κ2) is 9.98. The van der Waals surface area contributed by atoms with Crippen molar-refractivity contribution >= 4 is 21.8 Å². The van der Waals surface area contributed by atoms with Gasteiger partial charge in [-0.15, -0.1) is 0 Å². The van der Waals surface area contributed by atoms with Crippen LogP contribution in [0.25, 0.3) is 0 Å². The molecule has 0 aromatic rings. The fraction of sp³-hybridized carbons (Fsp3) is 0.875. The number of carbonyl (C=O) groups excluding carboxylic acids is 1. The highest BCUT2D eigenvalue weighted by molar-refractivity contribution is 7.89. The number of sulfonamides is 1. The van der Waals surface area contributed by atoms with E-state index in [1.165, 1.54) is 0 Å². The van der Waals surface area contributed by atoms with E-state index in [9.17, 15) is 13.2 Å². The zero-order valence-corrected chi connectivity index (χ0v) is 15.9. The maximum atomic E-state index is 12.0. The van der Waals surface area contributed by atoms with Crippen LogP contribution in [0, 0.1) is 11.8 Å². The van der Waals surface area contributed by atoms with Crippen molar-refractivity contribution < 1.29 is 13.2 Å². The van der Waals surface area contributed by atoms with E-state index in [1.54, 1.807) is 0 Å². The summed E-state index contributed by atoms with van der Waals surface area (Å²) in [4.78, 5) is 14.0. The Morgan fingerprint density at radius 1 is 1.25 bits per heavy atom. The van der Waals surface area contributed by atoms with E-state index in [0.29, 0.717) is 18.9 Å². The molecule has 1 rings (SSSR count). The summed E-state index contributed by atoms with van der Waals surface area (Å²) in [6, 6.07) is 0. The molecule has 24 heavy (non-hydrogen) atoms. The van der Waals surface area contributed by atoms with Crippen LogP contribution >= 0.6 is 0 Å². The summed E-state index contributed by atoms with van der Waals surface area (Å²) in [5, 5.41) is 2.83. The molecule has 0 saturated heterocycles. The Morgan fingerprint density at radius 3 is 2.33 bits per heavy atom. The molecule has 1 aliphatic rings. The Kier molecular flexibility index (Phi) is 8.69. The molecule has 8 heteroatoms. The van der Waals surface area contributed by atoms with Gasteiger partial charge in [0.1, 0.15) is 5.84 Å². The molecule has 3 N–H and O–H groups in total. The van der Waals surface area contributed by atoms with Gasteiger partial charge in [-0.25, -0.2) is 8.42 Å². The number of amides is 1. The lowest BCUT2D eigenvalue weighted by Gasteiger charge is -2.32. The Labute approximate surface area is 146 Å². The first-order valence-electron chi connectivity index (χ1n) is 8.77. The first-order chi connectivity index (χ1) is 11.3. The van der Waals surface area contributed by atoms with Crippen molar-refractivity contribution in [3.05, 3.63) is 0 Å². The number of hydrogen-bond acceptors (Lipinski definition) is 4. The van der Waals surface area contributed by atoms with Gasteiger partial charge < -0.3 is 16.0 Å². The van der Waals surface area contributed by atoms with Crippen molar-refractivity contribution in [3.63, 3.8) is 0 Å². The van der Waals surface area contributed by atoms with E-state index in [4.69, 9.17) is 5.73 Å². The molecule has 1 aliphatic carbocycles. The minimum atomic E-state index is -3.43. The fourth-order valence-corrected chi connectivity index (χ4v) is 3.72. The van der Waals surface area contributed by atoms with Gasteiger partial charge in [0.05, 0.1) is 6.26 Å². The standard InChI is InChI=1S/C16H32N4O3S/c1-4-5-12-20(2)15(19-24(3,22)23)13-6-8-14(9-7-13)16(21)18-11-10-17/h13-14H,4-12,17H2,1-3H3,(H,18,21). The van der Waals surface area contributed by atoms with Crippen molar-refractivity contribution in [2.45, 2.75) is 45.4 Å². The van der Waals surface area contributed by atoms with E-state index < -0.39 is 10.0 Å². The summed E-state index contributed by atoms with van der Waals surface area (Å²) in [5.74, 6) is 0.792. The van der Waals surface area contributed by atoms with Crippen LogP contribution in [0.3, 0.4) is 0 Å². The summed E-state index contributed by atoms with van der Waals surface area (Å²) in [5.41, 5.74) is 5.41. The minimum Gasteiger partial charge on any atom is -0.362 e. The first-order valence-corrected chi connectivity index (χ1v) is 10.6. The number of nitrogens with one attached hydrogen (secondary N) is 1. The van der Waals surface area contributed by atoms with Gasteiger partial charge in [0.15, 0.2) is 0 Å². The molecule has 0 heterocycles. The summed E-state index contributed by atoms with van der Waals surface area (Å²) in [7, 11) is -1.53. The van der Waals surface area contributed by atoms with Gasteiger partial charge in [-0.3, -0.25) is 4.79 Å². The van der Waals surface area contributed by atoms with Crippen molar-refractivity contribution in [1.29, 1.82) is 0 Å². The molecular weight excluding hydrogens is 328 g/mol. The molecule has 1 amide bonds. The number of amidine groups is 1. The van der Waals surface area contributed by atoms with Crippen LogP contribution in [-0.4, -0.2) is 58.0 Å². The largest absolute Gasteiger partial charge is 0.362 e. The topological polar surface area (TPSA) is 105 Å². The van der Waals surface area contributed by atoms with Gasteiger partial charge in [0.25, 0.3) is 10.0 Å². The Morgan fingerprint density at radius 2 is 1.83 bits per heavy atom. The maximum absolute atomic E-state index is 12.0. The molecule has 0 aromatic carbocycles. The normalized spacial score (nSPS) is 22.2. The highest BCUT2D eigenvalue weighted by atomic mass is 32.2. The van der Waals surface area contributed by atoms with Gasteiger partial charge >= 0.3 is 0 Å². The van der Waals surface area contributed by atoms with Gasteiger partial charge in [0, 0.05) is 38.5 Å². The van der Waals surface area contributed by atoms with E-state index in [2.05, 4.69) is 16.6 Å². The molecular formula is C16H32N4O3S. The predicted octanol–water partition coefficient (Wildman–Crippen LogP) is 0.958. The van der Waals surface area contributed by atoms with Crippen LogP contribution in [0.2, 0.25) is 0 Å². The number of carbonyl (C=O) groups is 1. The van der Waals surface area contributed by atoms with Crippen molar-refractivity contribution in [2.24, 2.45) is 22.0 Å². The lowest BCUT2D eigenvalue weighted by Crippen LogP contribution is -2.40. The lowest BCUT2D eigenvalue weighted by atomic mass is 9.80. The number of rotatable bonds is 8. The molecule has 140 valence electrons. The Bertz CT molecular complexity index is 525. The smallest absolute Gasteiger partial charge is 0.251 e. The molecule has 0 spiro atoms. The van der Waals surface area contributed by atoms with Crippen LogP contribution in [-0.2, 0) is 14.8 Å². The summed E-state index contributed by atoms with van der Waals surface area (Å²) >= 11 is 0. The average Bonchev–Trinajstić information content (AvgIpc) is 2.54. The molecule has 0 unspecified atom stereocenters. The van der Waals surface area contributed by atoms with Gasteiger partial charge in [-0.1, -0.05) is 13.3 Å². The quantitative estimate of drug-likeness (QED) is 0.495. The SMILES string of the molecule is CCCCN(C)C(=NS(C)(=O)=O)C1CCC(C(=O)NCCN)CC1. The minimum absolute atomic E-state index is 0.00627. The van der Waals surface area contributed by atoms with Crippen molar-refractivity contribution in [1.82, 2.24) is 10.2 Å². The summed E-state index contributed by atoms with van der Waals surface area (Å²) in [6.07, 6.45) is 6.25. The third-order valence-corrected chi connectivity index (χ3v) is 4.92. The molecule has 1 saturated carbocycles. The van der Waals surface area contributed by atoms with Crippen LogP contribution in [0.1, 0.15) is 45.4 Å². The zero-order valence-electron chi connectivity index (χ0n) is 15.1.